The fraction of sp³-hybridized carbons (Fsp3) is 0.318. The third-order valence-corrected chi connectivity index (χ3v) is 5.37. The van der Waals surface area contributed by atoms with Gasteiger partial charge < -0.3 is 49.3 Å². The molecule has 1 saturated heterocycles. The Hall–Kier alpha value is -3.35. The monoisotopic (exact) mass is 462 g/mol. The highest BCUT2D eigenvalue weighted by molar-refractivity contribution is 5.89. The maximum atomic E-state index is 12.8. The molecule has 33 heavy (non-hydrogen) atoms. The molecule has 0 aliphatic carbocycles. The number of aromatic hydroxyl groups is 2. The summed E-state index contributed by atoms with van der Waals surface area (Å²) in [6.45, 7) is -0.671. The second-order valence-electron chi connectivity index (χ2n) is 7.47. The molecule has 11 nitrogen and oxygen atoms in total. The van der Waals surface area contributed by atoms with Gasteiger partial charge in [-0.2, -0.15) is 0 Å². The van der Waals surface area contributed by atoms with Crippen molar-refractivity contribution in [1.29, 1.82) is 0 Å². The van der Waals surface area contributed by atoms with Crippen LogP contribution in [0.5, 0.6) is 23.0 Å². The van der Waals surface area contributed by atoms with E-state index in [9.17, 15) is 35.4 Å². The van der Waals surface area contributed by atoms with Gasteiger partial charge in [-0.25, -0.2) is 0 Å². The second kappa shape index (κ2) is 8.89. The van der Waals surface area contributed by atoms with Gasteiger partial charge in [0.25, 0.3) is 0 Å². The average Bonchev–Trinajstić information content (AvgIpc) is 2.80. The Balaban J connectivity index is 1.77. The molecule has 176 valence electrons. The van der Waals surface area contributed by atoms with Crippen LogP contribution in [-0.4, -0.2) is 75.1 Å². The summed E-state index contributed by atoms with van der Waals surface area (Å²) in [5.74, 6) is -0.901. The standard InChI is InChI=1S/C22H22O11/c1-30-14-7-13-16(11(25)6-12(31-13)9-2-4-10(24)5-3-9)18(27)21(14)33-22-20(29)19(28)17(26)15(8-23)32-22/h2-7,15,17,19-20,22-24,26-29H,8H2,1H3/t15?,17-,19+,20?,22+/m1/s1. The lowest BCUT2D eigenvalue weighted by Gasteiger charge is -2.39. The molecular formula is C22H22O11. The molecule has 6 N–H and O–H groups in total. The number of fused-ring (bicyclic) bond motifs is 1. The van der Waals surface area contributed by atoms with Crippen LogP contribution in [0.25, 0.3) is 22.3 Å². The van der Waals surface area contributed by atoms with Crippen molar-refractivity contribution in [2.75, 3.05) is 13.7 Å². The zero-order valence-electron chi connectivity index (χ0n) is 17.3. The van der Waals surface area contributed by atoms with Crippen LogP contribution < -0.4 is 14.9 Å². The number of hydrogen-bond donors (Lipinski definition) is 6. The molecule has 2 unspecified atom stereocenters. The largest absolute Gasteiger partial charge is 0.508 e. The lowest BCUT2D eigenvalue weighted by atomic mass is 9.99. The molecule has 2 heterocycles. The Labute approximate surface area is 186 Å². The molecule has 1 aromatic heterocycles. The van der Waals surface area contributed by atoms with E-state index in [-0.39, 0.29) is 34.0 Å². The fourth-order valence-corrected chi connectivity index (χ4v) is 3.58. The number of ether oxygens (including phenoxy) is 3. The number of benzene rings is 2. The molecule has 1 fully saturated rings. The summed E-state index contributed by atoms with van der Waals surface area (Å²) in [4.78, 5) is 12.8. The van der Waals surface area contributed by atoms with Gasteiger partial charge in [0, 0.05) is 17.7 Å². The van der Waals surface area contributed by atoms with E-state index in [1.165, 1.54) is 25.3 Å². The molecule has 0 amide bonds. The maximum Gasteiger partial charge on any atom is 0.229 e. The van der Waals surface area contributed by atoms with Gasteiger partial charge in [-0.3, -0.25) is 4.79 Å². The highest BCUT2D eigenvalue weighted by Crippen LogP contribution is 2.43. The Bertz CT molecular complexity index is 1200. The normalized spacial score (nSPS) is 25.2. The minimum atomic E-state index is -1.74. The van der Waals surface area contributed by atoms with Crippen molar-refractivity contribution in [3.05, 3.63) is 46.6 Å². The molecule has 1 aliphatic rings. The second-order valence-corrected chi connectivity index (χ2v) is 7.47. The summed E-state index contributed by atoms with van der Waals surface area (Å²) >= 11 is 0. The zero-order chi connectivity index (χ0) is 23.9. The summed E-state index contributed by atoms with van der Waals surface area (Å²) in [7, 11) is 1.27. The number of phenols is 2. The molecule has 3 aromatic rings. The minimum absolute atomic E-state index is 0.0268. The molecule has 0 spiro atoms. The van der Waals surface area contributed by atoms with Crippen LogP contribution in [0.15, 0.2) is 45.6 Å². The number of phenolic OH excluding ortho intramolecular Hbond substituents is 2. The molecule has 2 aromatic carbocycles. The summed E-state index contributed by atoms with van der Waals surface area (Å²) < 4.78 is 21.8. The van der Waals surface area contributed by atoms with Crippen LogP contribution in [0.2, 0.25) is 0 Å². The number of aliphatic hydroxyl groups excluding tert-OH is 4. The first-order valence-corrected chi connectivity index (χ1v) is 9.89. The summed E-state index contributed by atoms with van der Waals surface area (Å²) in [5, 5.41) is 59.5. The van der Waals surface area contributed by atoms with E-state index >= 15 is 0 Å². The zero-order valence-corrected chi connectivity index (χ0v) is 17.3. The molecule has 1 aliphatic heterocycles. The van der Waals surface area contributed by atoms with E-state index in [1.54, 1.807) is 12.1 Å². The molecular weight excluding hydrogens is 440 g/mol. The lowest BCUT2D eigenvalue weighted by Crippen LogP contribution is -2.60. The Kier molecular flexibility index (Phi) is 6.15. The van der Waals surface area contributed by atoms with Crippen molar-refractivity contribution >= 4 is 11.0 Å². The molecule has 11 heteroatoms. The SMILES string of the molecule is COc1cc2oc(-c3ccc(O)cc3)cc(=O)c2c(O)c1O[C@@H]1OC(CO)[C@@H](O)[C@H](O)C1O. The van der Waals surface area contributed by atoms with E-state index in [4.69, 9.17) is 18.6 Å². The summed E-state index contributed by atoms with van der Waals surface area (Å²) in [5.41, 5.74) is -0.133. The van der Waals surface area contributed by atoms with Crippen molar-refractivity contribution in [2.45, 2.75) is 30.7 Å². The first kappa shape index (κ1) is 22.8. The summed E-state index contributed by atoms with van der Waals surface area (Å²) in [6.07, 6.45) is -7.88. The molecule has 0 saturated carbocycles. The van der Waals surface area contributed by atoms with Gasteiger partial charge in [0.2, 0.25) is 12.0 Å². The van der Waals surface area contributed by atoms with Gasteiger partial charge in [0.05, 0.1) is 13.7 Å². The van der Waals surface area contributed by atoms with Gasteiger partial charge in [0.15, 0.2) is 16.9 Å². The molecule has 0 radical (unpaired) electrons. The molecule has 5 atom stereocenters. The van der Waals surface area contributed by atoms with E-state index < -0.39 is 48.5 Å². The van der Waals surface area contributed by atoms with Crippen LogP contribution in [0, 0.1) is 0 Å². The predicted molar refractivity (Wildman–Crippen MR) is 112 cm³/mol. The van der Waals surface area contributed by atoms with Crippen molar-refractivity contribution in [3.8, 4) is 34.3 Å². The van der Waals surface area contributed by atoms with Crippen molar-refractivity contribution in [1.82, 2.24) is 0 Å². The Morgan fingerprint density at radius 1 is 1.00 bits per heavy atom. The van der Waals surface area contributed by atoms with Crippen molar-refractivity contribution in [2.24, 2.45) is 0 Å². The smallest absolute Gasteiger partial charge is 0.229 e. The Morgan fingerprint density at radius 2 is 1.70 bits per heavy atom. The van der Waals surface area contributed by atoms with Crippen molar-refractivity contribution in [3.63, 3.8) is 0 Å². The van der Waals surface area contributed by atoms with Crippen LogP contribution in [0.1, 0.15) is 0 Å². The summed E-state index contributed by atoms with van der Waals surface area (Å²) in [6, 6.07) is 8.39. The van der Waals surface area contributed by atoms with E-state index in [2.05, 4.69) is 0 Å². The average molecular weight is 462 g/mol. The van der Waals surface area contributed by atoms with Crippen LogP contribution in [0.4, 0.5) is 0 Å². The van der Waals surface area contributed by atoms with E-state index in [1.807, 2.05) is 0 Å². The third-order valence-electron chi connectivity index (χ3n) is 5.37. The van der Waals surface area contributed by atoms with Crippen LogP contribution >= 0.6 is 0 Å². The third kappa shape index (κ3) is 4.08. The van der Waals surface area contributed by atoms with E-state index in [0.717, 1.165) is 6.07 Å². The van der Waals surface area contributed by atoms with E-state index in [0.29, 0.717) is 5.56 Å². The topological polar surface area (TPSA) is 179 Å². The highest BCUT2D eigenvalue weighted by atomic mass is 16.7. The van der Waals surface area contributed by atoms with Gasteiger partial charge in [0.1, 0.15) is 46.9 Å². The lowest BCUT2D eigenvalue weighted by molar-refractivity contribution is -0.277. The number of methoxy groups -OCH3 is 1. The minimum Gasteiger partial charge on any atom is -0.508 e. The Morgan fingerprint density at radius 3 is 2.33 bits per heavy atom. The van der Waals surface area contributed by atoms with Gasteiger partial charge >= 0.3 is 0 Å². The first-order chi connectivity index (χ1) is 15.7. The number of aliphatic hydroxyl groups is 4. The van der Waals surface area contributed by atoms with Gasteiger partial charge in [-0.05, 0) is 24.3 Å². The van der Waals surface area contributed by atoms with Crippen LogP contribution in [-0.2, 0) is 4.74 Å². The number of hydrogen-bond acceptors (Lipinski definition) is 11. The van der Waals surface area contributed by atoms with Gasteiger partial charge in [-0.15, -0.1) is 0 Å². The highest BCUT2D eigenvalue weighted by Gasteiger charge is 2.45. The number of rotatable bonds is 5. The maximum absolute atomic E-state index is 12.8. The fourth-order valence-electron chi connectivity index (χ4n) is 3.58. The molecule has 0 bridgehead atoms. The molecule has 4 rings (SSSR count). The van der Waals surface area contributed by atoms with Crippen LogP contribution in [0.3, 0.4) is 0 Å². The first-order valence-electron chi connectivity index (χ1n) is 9.89. The predicted octanol–water partition coefficient (Wildman–Crippen LogP) is 0.0585. The van der Waals surface area contributed by atoms with Gasteiger partial charge in [-0.1, -0.05) is 0 Å². The van der Waals surface area contributed by atoms with Crippen molar-refractivity contribution < 1.29 is 49.3 Å². The quantitative estimate of drug-likeness (QED) is 0.302.